The Morgan fingerprint density at radius 2 is 2.24 bits per heavy atom. The molecule has 17 heavy (non-hydrogen) atoms. The number of hydrogen-bond donors (Lipinski definition) is 2. The molecule has 0 radical (unpaired) electrons. The lowest BCUT2D eigenvalue weighted by molar-refractivity contribution is -0.0181. The molecule has 0 atom stereocenters. The molecule has 0 bridgehead atoms. The molecule has 0 spiro atoms. The molecule has 5 nitrogen and oxygen atoms in total. The lowest BCUT2D eigenvalue weighted by Gasteiger charge is -2.08. The molecule has 0 unspecified atom stereocenters. The lowest BCUT2D eigenvalue weighted by Crippen LogP contribution is -2.35. The van der Waals surface area contributed by atoms with Crippen molar-refractivity contribution in [2.24, 2.45) is 0 Å². The van der Waals surface area contributed by atoms with Crippen LogP contribution < -0.4 is 5.32 Å². The molecule has 1 heterocycles. The van der Waals surface area contributed by atoms with Crippen LogP contribution in [0.5, 0.6) is 0 Å². The number of benzene rings is 1. The molecule has 0 saturated heterocycles. The molecule has 0 aliphatic carbocycles. The number of nitrogens with zero attached hydrogens (tertiary/aromatic N) is 1. The maximum atomic E-state index is 11.0. The van der Waals surface area contributed by atoms with Gasteiger partial charge < -0.3 is 9.73 Å². The normalized spacial score (nSPS) is 10.5. The van der Waals surface area contributed by atoms with Gasteiger partial charge in [0, 0.05) is 25.4 Å². The van der Waals surface area contributed by atoms with Crippen LogP contribution in [-0.4, -0.2) is 29.9 Å². The van der Waals surface area contributed by atoms with Gasteiger partial charge in [-0.1, -0.05) is 18.2 Å². The molecular weight excluding hydrogens is 220 g/mol. The van der Waals surface area contributed by atoms with Gasteiger partial charge in [-0.2, -0.15) is 0 Å². The van der Waals surface area contributed by atoms with Crippen molar-refractivity contribution in [1.29, 1.82) is 0 Å². The number of furan rings is 1. The number of carbonyl (C=O) groups excluding carboxylic acids is 1. The summed E-state index contributed by atoms with van der Waals surface area (Å²) in [5.41, 5.74) is 0.841. The van der Waals surface area contributed by atoms with Crippen molar-refractivity contribution < 1.29 is 14.4 Å². The predicted molar refractivity (Wildman–Crippen MR) is 62.9 cm³/mol. The molecule has 0 aliphatic rings. The second-order valence-corrected chi connectivity index (χ2v) is 3.76. The fourth-order valence-electron chi connectivity index (χ4n) is 1.57. The Kier molecular flexibility index (Phi) is 3.30. The maximum Gasteiger partial charge on any atom is 0.340 e. The largest absolute Gasteiger partial charge is 0.461 e. The first-order chi connectivity index (χ1) is 8.16. The van der Waals surface area contributed by atoms with Crippen molar-refractivity contribution in [2.45, 2.75) is 6.42 Å². The van der Waals surface area contributed by atoms with Crippen molar-refractivity contribution in [3.63, 3.8) is 0 Å². The molecule has 90 valence electrons. The number of hydrogen-bond acceptors (Lipinski definition) is 3. The summed E-state index contributed by atoms with van der Waals surface area (Å²) in [6, 6.07) is 9.16. The predicted octanol–water partition coefficient (Wildman–Crippen LogP) is 2.01. The van der Waals surface area contributed by atoms with Gasteiger partial charge in [0.25, 0.3) is 0 Å². The highest BCUT2D eigenvalue weighted by Crippen LogP contribution is 2.18. The quantitative estimate of drug-likeness (QED) is 0.630. The molecular formula is C12H14N2O3. The zero-order valence-corrected chi connectivity index (χ0v) is 9.51. The number of carbonyl (C=O) groups is 1. The van der Waals surface area contributed by atoms with Gasteiger partial charge in [0.15, 0.2) is 0 Å². The van der Waals surface area contributed by atoms with Gasteiger partial charge >= 0.3 is 6.03 Å². The van der Waals surface area contributed by atoms with Gasteiger partial charge in [-0.05, 0) is 12.1 Å². The highest BCUT2D eigenvalue weighted by atomic mass is 16.5. The summed E-state index contributed by atoms with van der Waals surface area (Å²) in [6.45, 7) is 0.420. The summed E-state index contributed by atoms with van der Waals surface area (Å²) in [7, 11) is 1.27. The van der Waals surface area contributed by atoms with Crippen LogP contribution in [0.25, 0.3) is 11.0 Å². The standard InChI is InChI=1S/C12H14N2O3/c1-14(16)12(15)13-7-6-10-8-9-4-2-3-5-11(9)17-10/h2-5,8,16H,6-7H2,1H3,(H,13,15). The second kappa shape index (κ2) is 4.88. The Balaban J connectivity index is 1.93. The number of fused-ring (bicyclic) bond motifs is 1. The number of rotatable bonds is 3. The van der Waals surface area contributed by atoms with Gasteiger partial charge in [-0.25, -0.2) is 9.86 Å². The lowest BCUT2D eigenvalue weighted by atomic mass is 10.2. The van der Waals surface area contributed by atoms with E-state index in [2.05, 4.69) is 5.32 Å². The van der Waals surface area contributed by atoms with E-state index >= 15 is 0 Å². The molecule has 1 aromatic carbocycles. The molecule has 0 saturated carbocycles. The number of amides is 2. The minimum atomic E-state index is -0.527. The van der Waals surface area contributed by atoms with E-state index in [0.717, 1.165) is 16.7 Å². The van der Waals surface area contributed by atoms with E-state index in [-0.39, 0.29) is 0 Å². The highest BCUT2D eigenvalue weighted by molar-refractivity contribution is 5.77. The Labute approximate surface area is 98.6 Å². The first kappa shape index (κ1) is 11.5. The van der Waals surface area contributed by atoms with E-state index in [9.17, 15) is 4.79 Å². The average Bonchev–Trinajstić information content (AvgIpc) is 2.71. The van der Waals surface area contributed by atoms with Crippen molar-refractivity contribution in [3.8, 4) is 0 Å². The van der Waals surface area contributed by atoms with Crippen LogP contribution in [0.3, 0.4) is 0 Å². The van der Waals surface area contributed by atoms with Crippen LogP contribution in [0.4, 0.5) is 4.79 Å². The Bertz CT molecular complexity index is 486. The Morgan fingerprint density at radius 1 is 1.47 bits per heavy atom. The monoisotopic (exact) mass is 234 g/mol. The Morgan fingerprint density at radius 3 is 2.94 bits per heavy atom. The van der Waals surface area contributed by atoms with Crippen LogP contribution in [0.1, 0.15) is 5.76 Å². The fraction of sp³-hybridized carbons (Fsp3) is 0.250. The molecule has 2 aromatic rings. The fourth-order valence-corrected chi connectivity index (χ4v) is 1.57. The van der Waals surface area contributed by atoms with Crippen LogP contribution in [-0.2, 0) is 6.42 Å². The average molecular weight is 234 g/mol. The number of para-hydroxylation sites is 1. The van der Waals surface area contributed by atoms with E-state index < -0.39 is 6.03 Å². The van der Waals surface area contributed by atoms with E-state index in [1.165, 1.54) is 7.05 Å². The van der Waals surface area contributed by atoms with Crippen LogP contribution >= 0.6 is 0 Å². The van der Waals surface area contributed by atoms with Crippen molar-refractivity contribution in [2.75, 3.05) is 13.6 Å². The van der Waals surface area contributed by atoms with Gasteiger partial charge in [0.05, 0.1) is 0 Å². The molecule has 2 rings (SSSR count). The van der Waals surface area contributed by atoms with Crippen molar-refractivity contribution in [3.05, 3.63) is 36.1 Å². The topological polar surface area (TPSA) is 65.7 Å². The summed E-state index contributed by atoms with van der Waals surface area (Å²) in [5, 5.41) is 12.9. The van der Waals surface area contributed by atoms with Gasteiger partial charge in [0.1, 0.15) is 11.3 Å². The van der Waals surface area contributed by atoms with Crippen molar-refractivity contribution >= 4 is 17.0 Å². The minimum absolute atomic E-state index is 0.420. The van der Waals surface area contributed by atoms with E-state index in [1.54, 1.807) is 0 Å². The SMILES string of the molecule is CN(O)C(=O)NCCc1cc2ccccc2o1. The summed E-state index contributed by atoms with van der Waals surface area (Å²) < 4.78 is 5.58. The van der Waals surface area contributed by atoms with Crippen LogP contribution in [0, 0.1) is 0 Å². The molecule has 0 fully saturated rings. The van der Waals surface area contributed by atoms with Crippen LogP contribution in [0.15, 0.2) is 34.7 Å². The van der Waals surface area contributed by atoms with Crippen LogP contribution in [0.2, 0.25) is 0 Å². The third kappa shape index (κ3) is 2.76. The first-order valence-corrected chi connectivity index (χ1v) is 5.35. The third-order valence-corrected chi connectivity index (χ3v) is 2.42. The smallest absolute Gasteiger partial charge is 0.340 e. The minimum Gasteiger partial charge on any atom is -0.461 e. The third-order valence-electron chi connectivity index (χ3n) is 2.42. The first-order valence-electron chi connectivity index (χ1n) is 5.35. The maximum absolute atomic E-state index is 11.0. The van der Waals surface area contributed by atoms with E-state index in [4.69, 9.17) is 9.62 Å². The summed E-state index contributed by atoms with van der Waals surface area (Å²) in [5.74, 6) is 0.812. The summed E-state index contributed by atoms with van der Waals surface area (Å²) in [4.78, 5) is 11.0. The zero-order valence-electron chi connectivity index (χ0n) is 9.51. The van der Waals surface area contributed by atoms with E-state index in [1.807, 2.05) is 30.3 Å². The molecule has 2 amide bonds. The molecule has 0 aliphatic heterocycles. The molecule has 1 aromatic heterocycles. The van der Waals surface area contributed by atoms with Crippen molar-refractivity contribution in [1.82, 2.24) is 10.4 Å². The number of hydroxylamine groups is 2. The summed E-state index contributed by atoms with van der Waals surface area (Å²) >= 11 is 0. The number of urea groups is 1. The molecule has 5 heteroatoms. The Hall–Kier alpha value is -2.01. The summed E-state index contributed by atoms with van der Waals surface area (Å²) in [6.07, 6.45) is 0.592. The highest BCUT2D eigenvalue weighted by Gasteiger charge is 2.06. The van der Waals surface area contributed by atoms with Gasteiger partial charge in [-0.3, -0.25) is 5.21 Å². The van der Waals surface area contributed by atoms with E-state index in [0.29, 0.717) is 18.0 Å². The van der Waals surface area contributed by atoms with Gasteiger partial charge in [-0.15, -0.1) is 0 Å². The van der Waals surface area contributed by atoms with Gasteiger partial charge in [0.2, 0.25) is 0 Å². The molecule has 2 N–H and O–H groups in total. The second-order valence-electron chi connectivity index (χ2n) is 3.76. The number of nitrogens with one attached hydrogen (secondary N) is 1. The zero-order chi connectivity index (χ0) is 12.3.